The van der Waals surface area contributed by atoms with Crippen molar-refractivity contribution in [3.63, 3.8) is 0 Å². The molecule has 136 valence electrons. The monoisotopic (exact) mass is 350 g/mol. The molecular formula is C17H23FN4O3. The van der Waals surface area contributed by atoms with Crippen LogP contribution in [0.1, 0.15) is 23.3 Å². The minimum atomic E-state index is -0.734. The molecule has 0 saturated carbocycles. The fourth-order valence-electron chi connectivity index (χ4n) is 2.47. The number of carbonyl (C=O) groups excluding carboxylic acids is 1. The molecule has 0 saturated heterocycles. The molecule has 7 nitrogen and oxygen atoms in total. The van der Waals surface area contributed by atoms with E-state index >= 15 is 0 Å². The normalized spacial score (nSPS) is 12.4. The van der Waals surface area contributed by atoms with Gasteiger partial charge in [0, 0.05) is 26.1 Å². The minimum Gasteiger partial charge on any atom is -0.384 e. The van der Waals surface area contributed by atoms with Gasteiger partial charge < -0.3 is 14.2 Å². The van der Waals surface area contributed by atoms with Crippen LogP contribution in [0.2, 0.25) is 0 Å². The first kappa shape index (κ1) is 19.0. The summed E-state index contributed by atoms with van der Waals surface area (Å²) >= 11 is 0. The molecule has 0 N–H and O–H groups in total. The SMILES string of the molecule is COCCc1noc(CN(C)C(=O)[C@H](c2ccccc2F)N(C)C)n1. The summed E-state index contributed by atoms with van der Waals surface area (Å²) in [6.45, 7) is 0.640. The second-order valence-electron chi connectivity index (χ2n) is 5.93. The third-order valence-corrected chi connectivity index (χ3v) is 3.74. The average Bonchev–Trinajstić information content (AvgIpc) is 3.01. The lowest BCUT2D eigenvalue weighted by atomic mass is 10.0. The van der Waals surface area contributed by atoms with Crippen molar-refractivity contribution in [3.05, 3.63) is 47.4 Å². The number of hydrogen-bond donors (Lipinski definition) is 0. The Bertz CT molecular complexity index is 705. The number of nitrogens with zero attached hydrogens (tertiary/aromatic N) is 4. The summed E-state index contributed by atoms with van der Waals surface area (Å²) in [6.07, 6.45) is 0.535. The lowest BCUT2D eigenvalue weighted by molar-refractivity contribution is -0.136. The van der Waals surface area contributed by atoms with Crippen LogP contribution in [-0.2, 0) is 22.5 Å². The predicted molar refractivity (Wildman–Crippen MR) is 89.2 cm³/mol. The lowest BCUT2D eigenvalue weighted by Crippen LogP contribution is -2.38. The van der Waals surface area contributed by atoms with Gasteiger partial charge in [0.15, 0.2) is 5.82 Å². The molecule has 1 heterocycles. The fraction of sp³-hybridized carbons (Fsp3) is 0.471. The van der Waals surface area contributed by atoms with Gasteiger partial charge in [0.2, 0.25) is 11.8 Å². The van der Waals surface area contributed by atoms with Gasteiger partial charge in [-0.3, -0.25) is 9.69 Å². The Morgan fingerprint density at radius 2 is 2.04 bits per heavy atom. The minimum absolute atomic E-state index is 0.150. The van der Waals surface area contributed by atoms with E-state index in [4.69, 9.17) is 9.26 Å². The zero-order valence-corrected chi connectivity index (χ0v) is 14.9. The van der Waals surface area contributed by atoms with Crippen molar-refractivity contribution in [2.45, 2.75) is 19.0 Å². The predicted octanol–water partition coefficient (Wildman–Crippen LogP) is 1.66. The highest BCUT2D eigenvalue weighted by Crippen LogP contribution is 2.23. The van der Waals surface area contributed by atoms with Crippen molar-refractivity contribution in [1.82, 2.24) is 19.9 Å². The van der Waals surface area contributed by atoms with Crippen LogP contribution in [0.5, 0.6) is 0 Å². The second-order valence-corrected chi connectivity index (χ2v) is 5.93. The molecule has 0 aliphatic heterocycles. The first-order valence-electron chi connectivity index (χ1n) is 7.90. The van der Waals surface area contributed by atoms with E-state index in [1.807, 2.05) is 0 Å². The molecule has 2 rings (SSSR count). The molecule has 0 radical (unpaired) electrons. The molecule has 1 amide bonds. The van der Waals surface area contributed by atoms with E-state index in [2.05, 4.69) is 10.1 Å². The molecule has 0 aliphatic rings. The van der Waals surface area contributed by atoms with Crippen molar-refractivity contribution in [2.75, 3.05) is 34.9 Å². The second kappa shape index (κ2) is 8.68. The van der Waals surface area contributed by atoms with E-state index in [9.17, 15) is 9.18 Å². The summed E-state index contributed by atoms with van der Waals surface area (Å²) < 4.78 is 24.2. The highest BCUT2D eigenvalue weighted by atomic mass is 19.1. The maximum absolute atomic E-state index is 14.1. The van der Waals surface area contributed by atoms with Crippen LogP contribution < -0.4 is 0 Å². The van der Waals surface area contributed by atoms with Crippen LogP contribution in [0.4, 0.5) is 4.39 Å². The zero-order chi connectivity index (χ0) is 18.4. The van der Waals surface area contributed by atoms with Crippen LogP contribution in [0.15, 0.2) is 28.8 Å². The third kappa shape index (κ3) is 4.83. The largest absolute Gasteiger partial charge is 0.384 e. The molecule has 1 atom stereocenters. The quantitative estimate of drug-likeness (QED) is 0.721. The Kier molecular flexibility index (Phi) is 6.60. The third-order valence-electron chi connectivity index (χ3n) is 3.74. The number of hydrogen-bond acceptors (Lipinski definition) is 6. The first-order valence-corrected chi connectivity index (χ1v) is 7.90. The zero-order valence-electron chi connectivity index (χ0n) is 14.9. The molecule has 2 aromatic rings. The van der Waals surface area contributed by atoms with Gasteiger partial charge in [-0.1, -0.05) is 23.4 Å². The van der Waals surface area contributed by atoms with Gasteiger partial charge >= 0.3 is 0 Å². The number of methoxy groups -OCH3 is 1. The van der Waals surface area contributed by atoms with Gasteiger partial charge in [-0.2, -0.15) is 4.98 Å². The number of benzene rings is 1. The number of carbonyl (C=O) groups is 1. The van der Waals surface area contributed by atoms with E-state index < -0.39 is 11.9 Å². The fourth-order valence-corrected chi connectivity index (χ4v) is 2.47. The van der Waals surface area contributed by atoms with Crippen LogP contribution >= 0.6 is 0 Å². The van der Waals surface area contributed by atoms with Gasteiger partial charge in [-0.15, -0.1) is 0 Å². The summed E-state index contributed by atoms with van der Waals surface area (Å²) in [7, 11) is 6.69. The maximum Gasteiger partial charge on any atom is 0.246 e. The summed E-state index contributed by atoms with van der Waals surface area (Å²) in [4.78, 5) is 20.2. The van der Waals surface area contributed by atoms with Crippen molar-refractivity contribution in [2.24, 2.45) is 0 Å². The van der Waals surface area contributed by atoms with Crippen molar-refractivity contribution in [1.29, 1.82) is 0 Å². The lowest BCUT2D eigenvalue weighted by Gasteiger charge is -2.28. The molecule has 0 spiro atoms. The smallest absolute Gasteiger partial charge is 0.246 e. The number of amides is 1. The molecule has 25 heavy (non-hydrogen) atoms. The molecule has 0 bridgehead atoms. The van der Waals surface area contributed by atoms with Gasteiger partial charge in [0.1, 0.15) is 11.9 Å². The van der Waals surface area contributed by atoms with Crippen LogP contribution in [0.3, 0.4) is 0 Å². The number of likely N-dealkylation sites (N-methyl/N-ethyl adjacent to an activating group) is 2. The van der Waals surface area contributed by atoms with Gasteiger partial charge in [0.25, 0.3) is 0 Å². The van der Waals surface area contributed by atoms with E-state index in [0.717, 1.165) is 0 Å². The summed E-state index contributed by atoms with van der Waals surface area (Å²) in [5.74, 6) is 0.179. The van der Waals surface area contributed by atoms with Gasteiger partial charge in [0.05, 0.1) is 13.2 Å². The first-order chi connectivity index (χ1) is 11.9. The van der Waals surface area contributed by atoms with E-state index in [0.29, 0.717) is 30.3 Å². The van der Waals surface area contributed by atoms with Crippen molar-refractivity contribution in [3.8, 4) is 0 Å². The Morgan fingerprint density at radius 3 is 2.68 bits per heavy atom. The van der Waals surface area contributed by atoms with Crippen molar-refractivity contribution >= 4 is 5.91 Å². The molecule has 0 fully saturated rings. The average molecular weight is 350 g/mol. The van der Waals surface area contributed by atoms with Crippen LogP contribution in [-0.4, -0.2) is 60.7 Å². The Hall–Kier alpha value is -2.32. The Balaban J connectivity index is 2.11. The topological polar surface area (TPSA) is 71.7 Å². The molecule has 8 heteroatoms. The molecule has 0 unspecified atom stereocenters. The van der Waals surface area contributed by atoms with Gasteiger partial charge in [-0.25, -0.2) is 4.39 Å². The standard InChI is InChI=1S/C17H23FN4O3/c1-21(2)16(12-7-5-6-8-13(12)18)17(23)22(3)11-15-19-14(20-25-15)9-10-24-4/h5-8,16H,9-11H2,1-4H3/t16-/m0/s1. The Morgan fingerprint density at radius 1 is 1.32 bits per heavy atom. The number of ether oxygens (including phenoxy) is 1. The highest BCUT2D eigenvalue weighted by molar-refractivity contribution is 5.83. The summed E-state index contributed by atoms with van der Waals surface area (Å²) in [5, 5.41) is 3.84. The van der Waals surface area contributed by atoms with E-state index in [1.54, 1.807) is 51.4 Å². The number of halogens is 1. The summed E-state index contributed by atoms with van der Waals surface area (Å²) in [6, 6.07) is 5.53. The van der Waals surface area contributed by atoms with Crippen LogP contribution in [0, 0.1) is 5.82 Å². The molecule has 0 aliphatic carbocycles. The highest BCUT2D eigenvalue weighted by Gasteiger charge is 2.29. The number of rotatable bonds is 8. The summed E-state index contributed by atoms with van der Waals surface area (Å²) in [5.41, 5.74) is 0.329. The molecular weight excluding hydrogens is 327 g/mol. The van der Waals surface area contributed by atoms with Gasteiger partial charge in [-0.05, 0) is 20.2 Å². The number of aromatic nitrogens is 2. The molecule has 1 aromatic carbocycles. The Labute approximate surface area is 146 Å². The van der Waals surface area contributed by atoms with Crippen molar-refractivity contribution < 1.29 is 18.4 Å². The van der Waals surface area contributed by atoms with E-state index in [-0.39, 0.29) is 12.5 Å². The van der Waals surface area contributed by atoms with E-state index in [1.165, 1.54) is 11.0 Å². The van der Waals surface area contributed by atoms with Crippen LogP contribution in [0.25, 0.3) is 0 Å². The molecule has 1 aromatic heterocycles. The maximum atomic E-state index is 14.1.